The van der Waals surface area contributed by atoms with Gasteiger partial charge in [-0.15, -0.1) is 0 Å². The summed E-state index contributed by atoms with van der Waals surface area (Å²) >= 11 is 0. The standard InChI is InChI=1S/C22H20F4N2O3/c1-13-10-16(23)5-7-19(13)31-20-6-4-15(22(24,25)26)12-18(20)21(30)28-17(8-9-29)11-14(2)27-3/h4-12,27H,1-3H3,(H,28,30)/b14-11-,17-8+. The number of benzene rings is 2. The van der Waals surface area contributed by atoms with Gasteiger partial charge in [0.15, 0.2) is 0 Å². The third-order valence-corrected chi connectivity index (χ3v) is 4.18. The molecular weight excluding hydrogens is 416 g/mol. The number of aryl methyl sites for hydroxylation is 1. The lowest BCUT2D eigenvalue weighted by Gasteiger charge is -2.16. The maximum Gasteiger partial charge on any atom is 0.416 e. The molecule has 0 atom stereocenters. The monoisotopic (exact) mass is 436 g/mol. The number of rotatable bonds is 7. The number of aldehydes is 1. The van der Waals surface area contributed by atoms with Crippen LogP contribution in [0.25, 0.3) is 0 Å². The summed E-state index contributed by atoms with van der Waals surface area (Å²) in [6, 6.07) is 6.06. The second-order valence-electron chi connectivity index (χ2n) is 6.51. The van der Waals surface area contributed by atoms with Crippen LogP contribution >= 0.6 is 0 Å². The number of hydrogen-bond acceptors (Lipinski definition) is 4. The summed E-state index contributed by atoms with van der Waals surface area (Å²) in [7, 11) is 1.62. The van der Waals surface area contributed by atoms with Crippen molar-refractivity contribution in [2.75, 3.05) is 7.05 Å². The quantitative estimate of drug-likeness (QED) is 0.281. The summed E-state index contributed by atoms with van der Waals surface area (Å²) < 4.78 is 58.6. The minimum Gasteiger partial charge on any atom is -0.456 e. The number of amides is 1. The number of ether oxygens (including phenoxy) is 1. The first-order valence-electron chi connectivity index (χ1n) is 9.03. The first kappa shape index (κ1) is 23.7. The molecule has 0 aliphatic heterocycles. The van der Waals surface area contributed by atoms with Gasteiger partial charge in [-0.25, -0.2) is 4.39 Å². The Morgan fingerprint density at radius 1 is 1.10 bits per heavy atom. The van der Waals surface area contributed by atoms with Crippen LogP contribution in [0.15, 0.2) is 59.9 Å². The molecule has 5 nitrogen and oxygen atoms in total. The van der Waals surface area contributed by atoms with E-state index in [0.29, 0.717) is 23.6 Å². The van der Waals surface area contributed by atoms with Crippen LogP contribution in [0.4, 0.5) is 17.6 Å². The predicted molar refractivity (Wildman–Crippen MR) is 107 cm³/mol. The van der Waals surface area contributed by atoms with Gasteiger partial charge in [0.05, 0.1) is 11.1 Å². The number of carbonyl (C=O) groups is 2. The number of alkyl halides is 3. The van der Waals surface area contributed by atoms with Crippen LogP contribution < -0.4 is 15.4 Å². The van der Waals surface area contributed by atoms with E-state index in [1.165, 1.54) is 18.2 Å². The van der Waals surface area contributed by atoms with Gasteiger partial charge >= 0.3 is 6.18 Å². The van der Waals surface area contributed by atoms with Crippen molar-refractivity contribution in [3.63, 3.8) is 0 Å². The molecule has 0 bridgehead atoms. The van der Waals surface area contributed by atoms with Crippen LogP contribution in [0.1, 0.15) is 28.4 Å². The Balaban J connectivity index is 2.49. The van der Waals surface area contributed by atoms with Gasteiger partial charge < -0.3 is 15.4 Å². The molecule has 0 saturated carbocycles. The van der Waals surface area contributed by atoms with Crippen LogP contribution in [-0.4, -0.2) is 19.2 Å². The van der Waals surface area contributed by atoms with Gasteiger partial charge in [-0.3, -0.25) is 9.59 Å². The van der Waals surface area contributed by atoms with E-state index < -0.39 is 29.0 Å². The Kier molecular flexibility index (Phi) is 7.57. The Labute approximate surface area is 176 Å². The first-order valence-corrected chi connectivity index (χ1v) is 9.03. The molecule has 31 heavy (non-hydrogen) atoms. The van der Waals surface area contributed by atoms with Crippen LogP contribution in [-0.2, 0) is 11.0 Å². The Morgan fingerprint density at radius 2 is 1.77 bits per heavy atom. The molecule has 2 N–H and O–H groups in total. The molecule has 9 heteroatoms. The molecule has 164 valence electrons. The summed E-state index contributed by atoms with van der Waals surface area (Å²) in [5.74, 6) is -1.43. The van der Waals surface area contributed by atoms with E-state index in [2.05, 4.69) is 10.6 Å². The number of nitrogens with one attached hydrogen (secondary N) is 2. The summed E-state index contributed by atoms with van der Waals surface area (Å²) in [6.07, 6.45) is -1.77. The lowest BCUT2D eigenvalue weighted by molar-refractivity contribution is -0.137. The molecule has 0 spiro atoms. The summed E-state index contributed by atoms with van der Waals surface area (Å²) in [4.78, 5) is 23.7. The van der Waals surface area contributed by atoms with Crippen molar-refractivity contribution in [1.82, 2.24) is 10.6 Å². The SMILES string of the molecule is CN/C(C)=C\C(=C/C=O)NC(=O)c1cc(C(F)(F)F)ccc1Oc1ccc(F)cc1C. The summed E-state index contributed by atoms with van der Waals surface area (Å²) in [6.45, 7) is 3.22. The molecule has 0 heterocycles. The summed E-state index contributed by atoms with van der Waals surface area (Å²) in [5, 5.41) is 5.19. The molecular formula is C22H20F4N2O3. The highest BCUT2D eigenvalue weighted by Crippen LogP contribution is 2.35. The van der Waals surface area contributed by atoms with E-state index in [1.54, 1.807) is 20.9 Å². The number of halogens is 4. The number of carbonyl (C=O) groups excluding carboxylic acids is 2. The van der Waals surface area contributed by atoms with Crippen molar-refractivity contribution < 1.29 is 31.9 Å². The molecule has 0 aliphatic carbocycles. The molecule has 0 radical (unpaired) electrons. The molecule has 2 rings (SSSR count). The fraction of sp³-hybridized carbons (Fsp3) is 0.182. The largest absolute Gasteiger partial charge is 0.456 e. The predicted octanol–water partition coefficient (Wildman–Crippen LogP) is 4.88. The maximum absolute atomic E-state index is 13.3. The van der Waals surface area contributed by atoms with Crippen molar-refractivity contribution in [2.24, 2.45) is 0 Å². The second kappa shape index (κ2) is 9.92. The smallest absolute Gasteiger partial charge is 0.416 e. The van der Waals surface area contributed by atoms with Crippen molar-refractivity contribution in [2.45, 2.75) is 20.0 Å². The molecule has 0 aliphatic rings. The van der Waals surface area contributed by atoms with Crippen LogP contribution in [0.5, 0.6) is 11.5 Å². The molecule has 2 aromatic rings. The van der Waals surface area contributed by atoms with Gasteiger partial charge in [0.1, 0.15) is 23.6 Å². The van der Waals surface area contributed by atoms with E-state index in [4.69, 9.17) is 4.74 Å². The van der Waals surface area contributed by atoms with Crippen molar-refractivity contribution in [1.29, 1.82) is 0 Å². The molecule has 2 aromatic carbocycles. The minimum atomic E-state index is -4.69. The van der Waals surface area contributed by atoms with Crippen molar-refractivity contribution in [3.05, 3.63) is 82.5 Å². The number of allylic oxidation sites excluding steroid dienone is 3. The molecule has 1 amide bonds. The number of hydrogen-bond donors (Lipinski definition) is 2. The van der Waals surface area contributed by atoms with E-state index >= 15 is 0 Å². The fourth-order valence-corrected chi connectivity index (χ4v) is 2.52. The van der Waals surface area contributed by atoms with Gasteiger partial charge in [0, 0.05) is 24.5 Å². The zero-order chi connectivity index (χ0) is 23.2. The highest BCUT2D eigenvalue weighted by Gasteiger charge is 2.32. The average Bonchev–Trinajstić information content (AvgIpc) is 2.69. The van der Waals surface area contributed by atoms with Gasteiger partial charge in [0.25, 0.3) is 5.91 Å². The molecule has 0 unspecified atom stereocenters. The van der Waals surface area contributed by atoms with Crippen molar-refractivity contribution >= 4 is 12.2 Å². The van der Waals surface area contributed by atoms with Gasteiger partial charge in [-0.2, -0.15) is 13.2 Å². The lowest BCUT2D eigenvalue weighted by atomic mass is 10.1. The van der Waals surface area contributed by atoms with Gasteiger partial charge in [0.2, 0.25) is 0 Å². The lowest BCUT2D eigenvalue weighted by Crippen LogP contribution is -2.24. The summed E-state index contributed by atoms with van der Waals surface area (Å²) in [5.41, 5.74) is -0.418. The zero-order valence-electron chi connectivity index (χ0n) is 16.9. The average molecular weight is 436 g/mol. The molecule has 0 aromatic heterocycles. The minimum absolute atomic E-state index is 0.0631. The van der Waals surface area contributed by atoms with E-state index in [9.17, 15) is 27.2 Å². The molecule has 0 saturated heterocycles. The van der Waals surface area contributed by atoms with Gasteiger partial charge in [-0.05, 0) is 61.9 Å². The third kappa shape index (κ3) is 6.43. The third-order valence-electron chi connectivity index (χ3n) is 4.18. The second-order valence-corrected chi connectivity index (χ2v) is 6.51. The van der Waals surface area contributed by atoms with Crippen LogP contribution in [0.3, 0.4) is 0 Å². The molecule has 0 fully saturated rings. The maximum atomic E-state index is 13.3. The Morgan fingerprint density at radius 3 is 2.35 bits per heavy atom. The van der Waals surface area contributed by atoms with Crippen LogP contribution in [0, 0.1) is 12.7 Å². The van der Waals surface area contributed by atoms with Gasteiger partial charge in [-0.1, -0.05) is 0 Å². The topological polar surface area (TPSA) is 67.4 Å². The van der Waals surface area contributed by atoms with E-state index in [0.717, 1.165) is 24.3 Å². The Bertz CT molecular complexity index is 1040. The zero-order valence-corrected chi connectivity index (χ0v) is 16.9. The highest BCUT2D eigenvalue weighted by molar-refractivity contribution is 5.98. The normalized spacial score (nSPS) is 12.4. The van der Waals surface area contributed by atoms with Crippen molar-refractivity contribution in [3.8, 4) is 11.5 Å². The first-order chi connectivity index (χ1) is 14.5. The Hall–Kier alpha value is -3.62. The van der Waals surface area contributed by atoms with E-state index in [-0.39, 0.29) is 17.2 Å². The fourth-order valence-electron chi connectivity index (χ4n) is 2.52. The van der Waals surface area contributed by atoms with E-state index in [1.807, 2.05) is 0 Å². The van der Waals surface area contributed by atoms with Crippen LogP contribution in [0.2, 0.25) is 0 Å². The highest BCUT2D eigenvalue weighted by atomic mass is 19.4.